The number of nitrogens with one attached hydrogen (secondary N) is 1. The fourth-order valence-corrected chi connectivity index (χ4v) is 10.9. The van der Waals surface area contributed by atoms with Crippen molar-refractivity contribution in [2.75, 3.05) is 38.9 Å². The van der Waals surface area contributed by atoms with E-state index in [4.69, 9.17) is 47.9 Å². The van der Waals surface area contributed by atoms with Crippen LogP contribution in [0.2, 0.25) is 10.0 Å². The van der Waals surface area contributed by atoms with Gasteiger partial charge in [0.25, 0.3) is 21.1 Å². The Balaban J connectivity index is 0.000000232. The van der Waals surface area contributed by atoms with E-state index >= 15 is 8.78 Å². The lowest BCUT2D eigenvalue weighted by Gasteiger charge is -2.17. The highest BCUT2D eigenvalue weighted by molar-refractivity contribution is 7.92. The minimum Gasteiger partial charge on any atom is -0.495 e. The molecule has 0 aliphatic carbocycles. The van der Waals surface area contributed by atoms with Crippen LogP contribution in [0.4, 0.5) is 42.6 Å². The van der Waals surface area contributed by atoms with E-state index in [0.29, 0.717) is 22.4 Å². The predicted octanol–water partition coefficient (Wildman–Crippen LogP) is 11.0. The van der Waals surface area contributed by atoms with Gasteiger partial charge in [-0.1, -0.05) is 23.2 Å². The van der Waals surface area contributed by atoms with Gasteiger partial charge in [-0.3, -0.25) is 18.7 Å². The van der Waals surface area contributed by atoms with Crippen LogP contribution in [-0.2, 0) is 20.1 Å². The topological polar surface area (TPSA) is 274 Å². The number of benzene rings is 5. The number of nitrogens with zero attached hydrogens (tertiary/aromatic N) is 8. The first-order valence-electron chi connectivity index (χ1n) is 25.2. The monoisotopic (exact) mass is 1390 g/mol. The Hall–Kier alpha value is -9.57. The van der Waals surface area contributed by atoms with Crippen molar-refractivity contribution in [1.82, 2.24) is 39.0 Å². The van der Waals surface area contributed by atoms with Crippen molar-refractivity contribution in [2.24, 2.45) is 0 Å². The Morgan fingerprint density at radius 1 is 0.489 bits per heavy atom. The van der Waals surface area contributed by atoms with Crippen LogP contribution < -0.4 is 44.7 Å². The largest absolute Gasteiger partial charge is 0.495 e. The fourth-order valence-electron chi connectivity index (χ4n) is 8.66. The number of pyridine rings is 4. The first-order chi connectivity index (χ1) is 42.9. The number of ether oxygens (including phenoxy) is 4. The number of methoxy groups -OCH3 is 4. The van der Waals surface area contributed by atoms with E-state index in [0.717, 1.165) is 41.0 Å². The maximum atomic E-state index is 15.6. The molecule has 0 amide bonds. The summed E-state index contributed by atoms with van der Waals surface area (Å²) < 4.78 is 181. The first-order valence-corrected chi connectivity index (χ1v) is 28.8. The van der Waals surface area contributed by atoms with Gasteiger partial charge in [0.2, 0.25) is 58.5 Å². The zero-order chi connectivity index (χ0) is 64.9. The standard InChI is InChI=1S/C28H15ClF6N2O6S.C26H19ClFN5O5S.C4H5N3.2H3P/c1-41-20-9-15(16-8-13(29)11-36-28(16)42-2)17(30)10-19(20)37-18-5-4-14(7-12(18)3-6-21(37)38)44(39,40)43-27-25(34)23(32)22(31)24(33)26(27)35;1-37-23-12-18(19-11-16(27)14-31-25(19)38-2)20(28)13-22(23)33-21-6-5-17(10-15(21)4-7-24(33)34)39(35,36)32-26-29-8-3-9-30-26;5-4-6-2-1-3-7-4;;/h3-11H,1-2H3;3-14H,1-2H3,(H,29,30,32);1-3H,(H2,5,6,7);2*1H3. The van der Waals surface area contributed by atoms with Crippen LogP contribution in [0.3, 0.4) is 0 Å². The Morgan fingerprint density at radius 2 is 0.902 bits per heavy atom. The molecule has 2 unspecified atom stereocenters. The van der Waals surface area contributed by atoms with E-state index in [9.17, 15) is 48.4 Å². The second-order valence-electron chi connectivity index (χ2n) is 18.1. The molecule has 2 atom stereocenters. The molecule has 34 heteroatoms. The molecule has 5 aromatic carbocycles. The van der Waals surface area contributed by atoms with Gasteiger partial charge in [0.1, 0.15) is 28.0 Å². The van der Waals surface area contributed by atoms with Gasteiger partial charge in [0.15, 0.2) is 0 Å². The van der Waals surface area contributed by atoms with Crippen LogP contribution >= 0.6 is 43.0 Å². The van der Waals surface area contributed by atoms with Crippen molar-refractivity contribution in [3.63, 3.8) is 0 Å². The highest BCUT2D eigenvalue weighted by atomic mass is 35.5. The average Bonchev–Trinajstić information content (AvgIpc) is 0.769. The van der Waals surface area contributed by atoms with E-state index in [1.165, 1.54) is 118 Å². The molecule has 0 spiro atoms. The first kappa shape index (κ1) is 69.9. The van der Waals surface area contributed by atoms with Gasteiger partial charge in [0, 0.05) is 94.5 Å². The molecular weight excluding hydrogens is 1340 g/mol. The summed E-state index contributed by atoms with van der Waals surface area (Å²) in [6.07, 6.45) is 8.68. The van der Waals surface area contributed by atoms with E-state index in [-0.39, 0.29) is 103 Å². The van der Waals surface area contributed by atoms with Gasteiger partial charge in [-0.15, -0.1) is 0 Å². The third-order valence-corrected chi connectivity index (χ3v) is 15.6. The van der Waals surface area contributed by atoms with Crippen LogP contribution in [0.25, 0.3) is 55.4 Å². The minimum absolute atomic E-state index is 0. The van der Waals surface area contributed by atoms with E-state index in [1.807, 2.05) is 0 Å². The molecule has 0 aliphatic rings. The molecule has 0 fully saturated rings. The molecule has 11 aromatic rings. The molecule has 6 aromatic heterocycles. The number of nitrogen functional groups attached to an aromatic ring is 1. The fraction of sp³-hybridized carbons (Fsp3) is 0.0690. The summed E-state index contributed by atoms with van der Waals surface area (Å²) in [5.41, 5.74) is 4.82. The number of nitrogens with two attached hydrogens (primary N) is 1. The van der Waals surface area contributed by atoms with Crippen LogP contribution in [0, 0.1) is 40.7 Å². The number of halogens is 9. The van der Waals surface area contributed by atoms with Crippen molar-refractivity contribution in [3.05, 3.63) is 218 Å². The van der Waals surface area contributed by atoms with Crippen LogP contribution in [0.15, 0.2) is 166 Å². The Bertz CT molecular complexity index is 4960. The van der Waals surface area contributed by atoms with E-state index < -0.39 is 82.6 Å². The van der Waals surface area contributed by atoms with Crippen molar-refractivity contribution in [3.8, 4) is 62.6 Å². The van der Waals surface area contributed by atoms with Gasteiger partial charge in [-0.25, -0.2) is 65.0 Å². The summed E-state index contributed by atoms with van der Waals surface area (Å²) in [4.78, 5) is 48.3. The molecule has 3 N–H and O–H groups in total. The zero-order valence-corrected chi connectivity index (χ0v) is 53.6. The van der Waals surface area contributed by atoms with Gasteiger partial charge in [-0.05, 0) is 84.9 Å². The van der Waals surface area contributed by atoms with Crippen molar-refractivity contribution < 1.29 is 70.7 Å². The SMILES string of the molecule is COc1cc(-c2cc(Cl)cnc2OC)c(F)cc1-n1c(=O)ccc2cc(S(=O)(=O)Nc3ncccn3)ccc21.COc1cc(-c2cc(Cl)cnc2OC)c(F)cc1-n1c(=O)ccc2cc(S(=O)(=O)Oc3c(F)c(F)c(F)c(F)c3F)ccc21.Nc1ncccn1.P.P. The van der Waals surface area contributed by atoms with Gasteiger partial charge >= 0.3 is 10.1 Å². The molecule has 21 nitrogen and oxygen atoms in total. The van der Waals surface area contributed by atoms with E-state index in [2.05, 4.69) is 38.8 Å². The summed E-state index contributed by atoms with van der Waals surface area (Å²) in [5.74, 6) is -15.3. The number of anilines is 2. The summed E-state index contributed by atoms with van der Waals surface area (Å²) in [6, 6.07) is 22.9. The van der Waals surface area contributed by atoms with Gasteiger partial charge in [-0.2, -0.15) is 37.0 Å². The number of sulfonamides is 1. The Labute approximate surface area is 533 Å². The minimum atomic E-state index is -5.19. The Kier molecular flexibility index (Phi) is 22.1. The molecule has 0 aliphatic heterocycles. The molecule has 92 heavy (non-hydrogen) atoms. The Morgan fingerprint density at radius 3 is 1.32 bits per heavy atom. The quantitative estimate of drug-likeness (QED) is 0.0336. The van der Waals surface area contributed by atoms with Crippen molar-refractivity contribution in [1.29, 1.82) is 0 Å². The smallest absolute Gasteiger partial charge is 0.339 e. The molecule has 6 heterocycles. The predicted molar refractivity (Wildman–Crippen MR) is 337 cm³/mol. The second kappa shape index (κ2) is 29.1. The lowest BCUT2D eigenvalue weighted by Crippen LogP contribution is -2.19. The van der Waals surface area contributed by atoms with E-state index in [1.54, 1.807) is 24.5 Å². The summed E-state index contributed by atoms with van der Waals surface area (Å²) in [6.45, 7) is 0. The molecule has 0 radical (unpaired) electrons. The third-order valence-electron chi connectivity index (χ3n) is 12.7. The lowest BCUT2D eigenvalue weighted by molar-refractivity contribution is 0.346. The third kappa shape index (κ3) is 14.6. The summed E-state index contributed by atoms with van der Waals surface area (Å²) in [5, 5.41) is 0.874. The highest BCUT2D eigenvalue weighted by Crippen LogP contribution is 2.40. The number of hydrogen-bond donors (Lipinski definition) is 2. The zero-order valence-electron chi connectivity index (χ0n) is 47.6. The average molecular weight is 1390 g/mol. The molecule has 11 rings (SSSR count). The highest BCUT2D eigenvalue weighted by Gasteiger charge is 2.32. The summed E-state index contributed by atoms with van der Waals surface area (Å²) in [7, 11) is -3.86. The maximum Gasteiger partial charge on any atom is 0.339 e. The molecular formula is C58H45Cl2F7N10O11P2S2. The number of aromatic nitrogens is 8. The number of rotatable bonds is 14. The van der Waals surface area contributed by atoms with Crippen molar-refractivity contribution >= 4 is 96.8 Å². The maximum absolute atomic E-state index is 15.6. The molecule has 0 saturated heterocycles. The second-order valence-corrected chi connectivity index (χ2v) is 22.2. The molecule has 478 valence electrons. The van der Waals surface area contributed by atoms with Gasteiger partial charge in [0.05, 0.1) is 65.8 Å². The molecule has 0 saturated carbocycles. The van der Waals surface area contributed by atoms with Crippen LogP contribution in [0.1, 0.15) is 0 Å². The van der Waals surface area contributed by atoms with Crippen molar-refractivity contribution in [2.45, 2.75) is 9.79 Å². The van der Waals surface area contributed by atoms with Crippen LogP contribution in [0.5, 0.6) is 29.0 Å². The lowest BCUT2D eigenvalue weighted by atomic mass is 10.0. The summed E-state index contributed by atoms with van der Waals surface area (Å²) >= 11 is 12.1. The number of hydrogen-bond acceptors (Lipinski definition) is 18. The molecule has 0 bridgehead atoms. The van der Waals surface area contributed by atoms with Crippen LogP contribution in [-0.4, -0.2) is 84.3 Å². The van der Waals surface area contributed by atoms with Gasteiger partial charge < -0.3 is 28.9 Å². The number of fused-ring (bicyclic) bond motifs is 2. The normalized spacial score (nSPS) is 11.0.